The van der Waals surface area contributed by atoms with Crippen LogP contribution >= 0.6 is 0 Å². The van der Waals surface area contributed by atoms with Gasteiger partial charge in [-0.2, -0.15) is 4.31 Å². The molecule has 0 amide bonds. The summed E-state index contributed by atoms with van der Waals surface area (Å²) < 4.78 is 44.6. The van der Waals surface area contributed by atoms with Crippen molar-refractivity contribution in [3.63, 3.8) is 0 Å². The van der Waals surface area contributed by atoms with Gasteiger partial charge < -0.3 is 0 Å². The predicted octanol–water partition coefficient (Wildman–Crippen LogP) is -1.12. The van der Waals surface area contributed by atoms with E-state index in [1.807, 2.05) is 0 Å². The topological polar surface area (TPSA) is 71.5 Å². The normalized spacial score (nSPS) is 12.8. The van der Waals surface area contributed by atoms with Gasteiger partial charge in [0.2, 0.25) is 10.0 Å². The van der Waals surface area contributed by atoms with Gasteiger partial charge in [0.05, 0.1) is 6.54 Å². The van der Waals surface area contributed by atoms with Gasteiger partial charge in [-0.1, -0.05) is 5.92 Å². The predicted molar refractivity (Wildman–Crippen MR) is 50.1 cm³/mol. The SMILES string of the molecule is C#CCN(C)S(=O)(=O)CS(C)(=O)=O. The van der Waals surface area contributed by atoms with Crippen LogP contribution in [0, 0.1) is 12.3 Å². The third kappa shape index (κ3) is 4.87. The van der Waals surface area contributed by atoms with Gasteiger partial charge in [0.15, 0.2) is 14.9 Å². The Morgan fingerprint density at radius 2 is 1.77 bits per heavy atom. The Bertz CT molecular complexity index is 400. The molecule has 0 aliphatic rings. The second-order valence-electron chi connectivity index (χ2n) is 2.62. The van der Waals surface area contributed by atoms with E-state index in [-0.39, 0.29) is 6.54 Å². The summed E-state index contributed by atoms with van der Waals surface area (Å²) in [6, 6.07) is 0. The molecule has 0 N–H and O–H groups in total. The van der Waals surface area contributed by atoms with E-state index in [2.05, 4.69) is 5.92 Å². The maximum Gasteiger partial charge on any atom is 0.229 e. The van der Waals surface area contributed by atoms with E-state index >= 15 is 0 Å². The van der Waals surface area contributed by atoms with Crippen molar-refractivity contribution >= 4 is 19.9 Å². The molecule has 0 saturated carbocycles. The van der Waals surface area contributed by atoms with Crippen molar-refractivity contribution in [2.24, 2.45) is 0 Å². The average Bonchev–Trinajstić information content (AvgIpc) is 1.82. The summed E-state index contributed by atoms with van der Waals surface area (Å²) in [6.45, 7) is -0.127. The first-order valence-electron chi connectivity index (χ1n) is 3.24. The van der Waals surface area contributed by atoms with Crippen LogP contribution in [0.15, 0.2) is 0 Å². The van der Waals surface area contributed by atoms with Gasteiger partial charge >= 0.3 is 0 Å². The average molecular weight is 225 g/mol. The molecule has 0 aliphatic heterocycles. The van der Waals surface area contributed by atoms with Crippen LogP contribution in [0.1, 0.15) is 0 Å². The zero-order chi connectivity index (χ0) is 10.7. The van der Waals surface area contributed by atoms with Gasteiger partial charge in [-0.05, 0) is 0 Å². The molecular weight excluding hydrogens is 214 g/mol. The third-order valence-electron chi connectivity index (χ3n) is 1.15. The second-order valence-corrected chi connectivity index (χ2v) is 7.20. The maximum absolute atomic E-state index is 11.2. The van der Waals surface area contributed by atoms with Crippen molar-refractivity contribution < 1.29 is 16.8 Å². The van der Waals surface area contributed by atoms with Gasteiger partial charge in [0.25, 0.3) is 0 Å². The molecule has 0 fully saturated rings. The van der Waals surface area contributed by atoms with Crippen molar-refractivity contribution in [3.05, 3.63) is 0 Å². The van der Waals surface area contributed by atoms with E-state index in [0.29, 0.717) is 0 Å². The smallest absolute Gasteiger partial charge is 0.228 e. The third-order valence-corrected chi connectivity index (χ3v) is 5.13. The van der Waals surface area contributed by atoms with Crippen molar-refractivity contribution in [2.75, 3.05) is 24.9 Å². The molecule has 0 aliphatic carbocycles. The van der Waals surface area contributed by atoms with Crippen LogP contribution in [0.4, 0.5) is 0 Å². The highest BCUT2D eigenvalue weighted by Crippen LogP contribution is 2.00. The summed E-state index contributed by atoms with van der Waals surface area (Å²) in [5.41, 5.74) is 0. The van der Waals surface area contributed by atoms with Crippen LogP contribution in [0.2, 0.25) is 0 Å². The van der Waals surface area contributed by atoms with Crippen LogP contribution < -0.4 is 0 Å². The van der Waals surface area contributed by atoms with Gasteiger partial charge in [-0.25, -0.2) is 16.8 Å². The second kappa shape index (κ2) is 4.09. The molecular formula is C6H11NO4S2. The maximum atomic E-state index is 11.2. The fourth-order valence-corrected chi connectivity index (χ4v) is 3.74. The lowest BCUT2D eigenvalue weighted by Gasteiger charge is -2.12. The highest BCUT2D eigenvalue weighted by atomic mass is 32.3. The monoisotopic (exact) mass is 225 g/mol. The lowest BCUT2D eigenvalue weighted by atomic mass is 10.7. The highest BCUT2D eigenvalue weighted by molar-refractivity contribution is 8.06. The first kappa shape index (κ1) is 12.4. The molecule has 0 rings (SSSR count). The summed E-state index contributed by atoms with van der Waals surface area (Å²) >= 11 is 0. The van der Waals surface area contributed by atoms with Gasteiger partial charge in [0.1, 0.15) is 0 Å². The number of sulfonamides is 1. The molecule has 0 bridgehead atoms. The number of terminal acetylenes is 1. The largest absolute Gasteiger partial charge is 0.229 e. The number of nitrogens with zero attached hydrogens (tertiary/aromatic N) is 1. The van der Waals surface area contributed by atoms with Crippen LogP contribution in [-0.2, 0) is 19.9 Å². The van der Waals surface area contributed by atoms with E-state index in [1.54, 1.807) is 0 Å². The lowest BCUT2D eigenvalue weighted by Crippen LogP contribution is -2.32. The Morgan fingerprint density at radius 1 is 1.31 bits per heavy atom. The Morgan fingerprint density at radius 3 is 2.08 bits per heavy atom. The molecule has 76 valence electrons. The van der Waals surface area contributed by atoms with Crippen LogP contribution in [0.25, 0.3) is 0 Å². The number of hydrogen-bond acceptors (Lipinski definition) is 4. The molecule has 0 unspecified atom stereocenters. The van der Waals surface area contributed by atoms with Crippen LogP contribution in [-0.4, -0.2) is 46.1 Å². The Kier molecular flexibility index (Phi) is 3.90. The molecule has 13 heavy (non-hydrogen) atoms. The summed E-state index contributed by atoms with van der Waals surface area (Å²) in [7, 11) is -6.08. The van der Waals surface area contributed by atoms with Gasteiger partial charge in [-0.15, -0.1) is 6.42 Å². The van der Waals surface area contributed by atoms with E-state index in [1.165, 1.54) is 7.05 Å². The van der Waals surface area contributed by atoms with E-state index in [0.717, 1.165) is 10.6 Å². The lowest BCUT2D eigenvalue weighted by molar-refractivity contribution is 0.506. The fourth-order valence-electron chi connectivity index (χ4n) is 0.587. The minimum atomic E-state index is -3.78. The molecule has 0 aromatic heterocycles. The minimum Gasteiger partial charge on any atom is -0.228 e. The van der Waals surface area contributed by atoms with Gasteiger partial charge in [-0.3, -0.25) is 0 Å². The van der Waals surface area contributed by atoms with Crippen molar-refractivity contribution in [1.29, 1.82) is 0 Å². The molecule has 0 atom stereocenters. The summed E-state index contributed by atoms with van der Waals surface area (Å²) in [4.78, 5) is 0. The molecule has 0 aromatic carbocycles. The molecule has 0 spiro atoms. The Hall–Kier alpha value is -0.580. The van der Waals surface area contributed by atoms with E-state index in [9.17, 15) is 16.8 Å². The highest BCUT2D eigenvalue weighted by Gasteiger charge is 2.22. The molecule has 5 nitrogen and oxygen atoms in total. The summed E-state index contributed by atoms with van der Waals surface area (Å²) in [6.07, 6.45) is 5.74. The molecule has 7 heteroatoms. The molecule has 0 radical (unpaired) electrons. The summed E-state index contributed by atoms with van der Waals surface area (Å²) in [5.74, 6) is 2.11. The molecule has 0 saturated heterocycles. The number of hydrogen-bond donors (Lipinski definition) is 0. The minimum absolute atomic E-state index is 0.127. The fraction of sp³-hybridized carbons (Fsp3) is 0.667. The van der Waals surface area contributed by atoms with Crippen LogP contribution in [0.3, 0.4) is 0 Å². The summed E-state index contributed by atoms with van der Waals surface area (Å²) in [5, 5.41) is -0.905. The molecule has 0 aromatic rings. The Labute approximate surface area is 78.7 Å². The standard InChI is InChI=1S/C6H11NO4S2/c1-4-5-7(2)13(10,11)6-12(3,8)9/h1H,5-6H2,2-3H3. The van der Waals surface area contributed by atoms with Crippen LogP contribution in [0.5, 0.6) is 0 Å². The quantitative estimate of drug-likeness (QED) is 0.568. The van der Waals surface area contributed by atoms with E-state index < -0.39 is 24.9 Å². The van der Waals surface area contributed by atoms with Crippen molar-refractivity contribution in [3.8, 4) is 12.3 Å². The molecule has 0 heterocycles. The first-order chi connectivity index (χ1) is 5.69. The zero-order valence-electron chi connectivity index (χ0n) is 7.39. The number of rotatable bonds is 4. The van der Waals surface area contributed by atoms with Gasteiger partial charge in [0, 0.05) is 13.3 Å². The number of sulfone groups is 1. The van der Waals surface area contributed by atoms with E-state index in [4.69, 9.17) is 6.42 Å². The Balaban J connectivity index is 4.73. The zero-order valence-corrected chi connectivity index (χ0v) is 9.02. The van der Waals surface area contributed by atoms with Crippen molar-refractivity contribution in [2.45, 2.75) is 0 Å². The first-order valence-corrected chi connectivity index (χ1v) is 6.91. The van der Waals surface area contributed by atoms with Crippen molar-refractivity contribution in [1.82, 2.24) is 4.31 Å².